The van der Waals surface area contributed by atoms with Crippen LogP contribution in [0, 0.1) is 17.2 Å². The molecule has 0 saturated carbocycles. The molecule has 12 nitrogen and oxygen atoms in total. The number of aliphatic hydroxyl groups excluding tert-OH is 1. The van der Waals surface area contributed by atoms with Crippen molar-refractivity contribution < 1.29 is 28.7 Å². The van der Waals surface area contributed by atoms with Crippen molar-refractivity contribution in [2.45, 2.75) is 84.4 Å². The van der Waals surface area contributed by atoms with Crippen molar-refractivity contribution in [1.29, 1.82) is 0 Å². The van der Waals surface area contributed by atoms with Crippen LogP contribution in [0.3, 0.4) is 0 Å². The second kappa shape index (κ2) is 19.3. The first-order chi connectivity index (χ1) is 27.2. The van der Waals surface area contributed by atoms with Gasteiger partial charge in [-0.1, -0.05) is 132 Å². The van der Waals surface area contributed by atoms with Gasteiger partial charge < -0.3 is 31.4 Å². The molecule has 0 aliphatic heterocycles. The zero-order chi connectivity index (χ0) is 41.1. The third-order valence-corrected chi connectivity index (χ3v) is 9.67. The molecule has 0 aliphatic rings. The van der Waals surface area contributed by atoms with Gasteiger partial charge >= 0.3 is 0 Å². The second-order valence-electron chi connectivity index (χ2n) is 15.6. The highest BCUT2D eigenvalue weighted by Crippen LogP contribution is 2.22. The van der Waals surface area contributed by atoms with E-state index in [1.165, 1.54) is 12.1 Å². The molecule has 4 amide bonds. The first kappa shape index (κ1) is 42.2. The molecule has 1 heterocycles. The number of para-hydroxylation sites is 1. The molecule has 7 N–H and O–H groups in total. The van der Waals surface area contributed by atoms with E-state index in [1.807, 2.05) is 105 Å². The Balaban J connectivity index is 1.42. The number of fused-ring (bicyclic) bond motifs is 1. The van der Waals surface area contributed by atoms with E-state index in [0.29, 0.717) is 5.52 Å². The molecule has 0 spiro atoms. The topological polar surface area (TPSA) is 177 Å². The number of H-pyrrole nitrogens is 1. The molecule has 300 valence electrons. The van der Waals surface area contributed by atoms with Crippen LogP contribution in [0.15, 0.2) is 109 Å². The van der Waals surface area contributed by atoms with Gasteiger partial charge in [-0.25, -0.2) is 9.37 Å². The van der Waals surface area contributed by atoms with Crippen molar-refractivity contribution in [1.82, 2.24) is 36.6 Å². The van der Waals surface area contributed by atoms with Gasteiger partial charge in [0, 0.05) is 13.1 Å². The monoisotopic (exact) mass is 777 g/mol. The third-order valence-electron chi connectivity index (χ3n) is 9.67. The molecule has 0 radical (unpaired) electrons. The Hall–Kier alpha value is -5.92. The number of benzene rings is 4. The van der Waals surface area contributed by atoms with Crippen LogP contribution in [-0.4, -0.2) is 69.0 Å². The maximum Gasteiger partial charge on any atom is 0.287 e. The van der Waals surface area contributed by atoms with Crippen LogP contribution in [0.25, 0.3) is 11.0 Å². The van der Waals surface area contributed by atoms with Gasteiger partial charge in [-0.15, -0.1) is 0 Å². The molecule has 0 unspecified atom stereocenters. The van der Waals surface area contributed by atoms with Gasteiger partial charge in [-0.05, 0) is 46.6 Å². The van der Waals surface area contributed by atoms with Gasteiger partial charge in [0.2, 0.25) is 17.7 Å². The summed E-state index contributed by atoms with van der Waals surface area (Å²) in [4.78, 5) is 62.5. The molecule has 0 fully saturated rings. The number of hydrogen-bond donors (Lipinski definition) is 7. The van der Waals surface area contributed by atoms with Gasteiger partial charge in [0.15, 0.2) is 11.6 Å². The Kier molecular flexibility index (Phi) is 14.3. The van der Waals surface area contributed by atoms with Gasteiger partial charge in [0.1, 0.15) is 23.6 Å². The van der Waals surface area contributed by atoms with Crippen LogP contribution < -0.4 is 26.6 Å². The van der Waals surface area contributed by atoms with E-state index < -0.39 is 59.2 Å². The summed E-state index contributed by atoms with van der Waals surface area (Å²) >= 11 is 0. The van der Waals surface area contributed by atoms with Crippen LogP contribution in [0.2, 0.25) is 0 Å². The highest BCUT2D eigenvalue weighted by atomic mass is 19.1. The number of nitrogens with zero attached hydrogens (tertiary/aromatic N) is 1. The number of halogens is 1. The smallest absolute Gasteiger partial charge is 0.287 e. The van der Waals surface area contributed by atoms with E-state index in [1.54, 1.807) is 26.8 Å². The zero-order valence-corrected chi connectivity index (χ0v) is 32.9. The second-order valence-corrected chi connectivity index (χ2v) is 15.6. The number of aromatic amines is 1. The maximum absolute atomic E-state index is 14.4. The molecule has 13 heteroatoms. The molecular weight excluding hydrogens is 726 g/mol. The third kappa shape index (κ3) is 11.6. The lowest BCUT2D eigenvalue weighted by Crippen LogP contribution is -2.63. The van der Waals surface area contributed by atoms with E-state index in [2.05, 4.69) is 36.6 Å². The van der Waals surface area contributed by atoms with Gasteiger partial charge in [-0.2, -0.15) is 0 Å². The number of carbonyl (C=O) groups excluding carboxylic acids is 4. The Labute approximate surface area is 332 Å². The number of rotatable bonds is 17. The summed E-state index contributed by atoms with van der Waals surface area (Å²) in [5.41, 5.74) is 1.97. The molecule has 4 aromatic carbocycles. The first-order valence-corrected chi connectivity index (χ1v) is 19.1. The number of amides is 4. The van der Waals surface area contributed by atoms with Crippen molar-refractivity contribution in [3.63, 3.8) is 0 Å². The lowest BCUT2D eigenvalue weighted by molar-refractivity contribution is -0.134. The number of nitrogens with one attached hydrogen (secondary N) is 6. The van der Waals surface area contributed by atoms with Gasteiger partial charge in [-0.3, -0.25) is 24.5 Å². The van der Waals surface area contributed by atoms with Crippen molar-refractivity contribution in [3.05, 3.63) is 138 Å². The van der Waals surface area contributed by atoms with E-state index in [0.717, 1.165) is 16.7 Å². The van der Waals surface area contributed by atoms with Crippen LogP contribution in [0.1, 0.15) is 61.9 Å². The highest BCUT2D eigenvalue weighted by Gasteiger charge is 2.40. The maximum atomic E-state index is 14.4. The number of carbonyl (C=O) groups is 4. The Morgan fingerprint density at radius 2 is 1.28 bits per heavy atom. The fourth-order valence-corrected chi connectivity index (χ4v) is 6.47. The van der Waals surface area contributed by atoms with E-state index in [4.69, 9.17) is 0 Å². The molecule has 0 bridgehead atoms. The minimum atomic E-state index is -1.53. The largest absolute Gasteiger partial charge is 0.389 e. The first-order valence-electron chi connectivity index (χ1n) is 19.1. The summed E-state index contributed by atoms with van der Waals surface area (Å²) in [5.74, 6) is -3.46. The predicted octanol–water partition coefficient (Wildman–Crippen LogP) is 4.55. The van der Waals surface area contributed by atoms with Crippen LogP contribution in [-0.2, 0) is 33.9 Å². The fourth-order valence-electron chi connectivity index (χ4n) is 6.47. The lowest BCUT2D eigenvalue weighted by Gasteiger charge is -2.35. The summed E-state index contributed by atoms with van der Waals surface area (Å²) in [5, 5.41) is 26.9. The quantitative estimate of drug-likeness (QED) is 0.0725. The summed E-state index contributed by atoms with van der Waals surface area (Å²) < 4.78 is 14.4. The summed E-state index contributed by atoms with van der Waals surface area (Å²) in [6.07, 6.45) is -1.42. The van der Waals surface area contributed by atoms with Gasteiger partial charge in [0.25, 0.3) is 5.91 Å². The molecule has 5 atom stereocenters. The normalized spacial score (nSPS) is 14.2. The molecule has 5 aromatic rings. The van der Waals surface area contributed by atoms with Crippen molar-refractivity contribution >= 4 is 34.7 Å². The average molecular weight is 778 g/mol. The van der Waals surface area contributed by atoms with Crippen LogP contribution in [0.4, 0.5) is 4.39 Å². The van der Waals surface area contributed by atoms with Gasteiger partial charge in [0.05, 0.1) is 17.7 Å². The molecule has 0 aliphatic carbocycles. The van der Waals surface area contributed by atoms with E-state index >= 15 is 0 Å². The fraction of sp³-hybridized carbons (Fsp3) is 0.341. The molecule has 1 aromatic heterocycles. The SMILES string of the molecule is CC(C)[C@H](NC(=O)[C@H](NCc1ccccc1)[C@H](O)[C@H](Cc1ccccc1)NC(=O)[C@@H](NC(=O)c1nc2c(F)cccc2[nH]1)C(C)(C)C)C(=O)NCc1ccccc1. The summed E-state index contributed by atoms with van der Waals surface area (Å²) in [6.45, 7) is 9.39. The number of hydrogen-bond acceptors (Lipinski definition) is 7. The van der Waals surface area contributed by atoms with Crippen molar-refractivity contribution in [2.75, 3.05) is 0 Å². The molecule has 0 saturated heterocycles. The molecule has 5 rings (SSSR count). The van der Waals surface area contributed by atoms with E-state index in [-0.39, 0.29) is 42.7 Å². The molecular formula is C44H52FN7O5. The standard InChI is InChI=1S/C44H52FN7O5/c1-27(2)34(40(54)47-26-30-20-13-8-14-21-30)51-41(55)36(46-25-29-18-11-7-12-19-29)37(53)33(24-28-16-9-6-10-17-28)49-42(56)38(44(3,4)5)52-43(57)39-48-32-23-15-22-31(45)35(32)50-39/h6-23,27,33-34,36-38,46,53H,24-26H2,1-5H3,(H,47,54)(H,48,50)(H,49,56)(H,51,55)(H,52,57)/t33-,34-,36+,37+,38+/m0/s1. The van der Waals surface area contributed by atoms with Crippen molar-refractivity contribution in [2.24, 2.45) is 11.3 Å². The van der Waals surface area contributed by atoms with Crippen molar-refractivity contribution in [3.8, 4) is 0 Å². The predicted molar refractivity (Wildman–Crippen MR) is 217 cm³/mol. The summed E-state index contributed by atoms with van der Waals surface area (Å²) in [6, 6.07) is 27.8. The lowest BCUT2D eigenvalue weighted by atomic mass is 9.85. The number of imidazole rings is 1. The van der Waals surface area contributed by atoms with Crippen LogP contribution >= 0.6 is 0 Å². The Morgan fingerprint density at radius 1 is 0.702 bits per heavy atom. The summed E-state index contributed by atoms with van der Waals surface area (Å²) in [7, 11) is 0. The Morgan fingerprint density at radius 3 is 1.84 bits per heavy atom. The Bertz CT molecular complexity index is 2110. The minimum absolute atomic E-state index is 0.00818. The molecule has 57 heavy (non-hydrogen) atoms. The number of aliphatic hydroxyl groups is 1. The zero-order valence-electron chi connectivity index (χ0n) is 32.9. The average Bonchev–Trinajstić information content (AvgIpc) is 3.64. The minimum Gasteiger partial charge on any atom is -0.389 e. The highest BCUT2D eigenvalue weighted by molar-refractivity contribution is 5.97. The van der Waals surface area contributed by atoms with Crippen LogP contribution in [0.5, 0.6) is 0 Å². The van der Waals surface area contributed by atoms with E-state index in [9.17, 15) is 28.7 Å². The number of aromatic nitrogens is 2.